The molecule has 0 radical (unpaired) electrons. The number of amides is 1. The van der Waals surface area contributed by atoms with Crippen LogP contribution in [0.5, 0.6) is 11.6 Å². The summed E-state index contributed by atoms with van der Waals surface area (Å²) in [5, 5.41) is 0.330. The van der Waals surface area contributed by atoms with Crippen molar-refractivity contribution >= 4 is 16.7 Å². The molecular formula is C13H12N2O3S. The van der Waals surface area contributed by atoms with Gasteiger partial charge >= 0.3 is 0 Å². The largest absolute Gasteiger partial charge is 0.438 e. The van der Waals surface area contributed by atoms with Gasteiger partial charge in [0.05, 0.1) is 10.8 Å². The first-order valence-electron chi connectivity index (χ1n) is 5.45. The molecule has 1 amide bonds. The summed E-state index contributed by atoms with van der Waals surface area (Å²) in [4.78, 5) is 15.4. The van der Waals surface area contributed by atoms with Crippen LogP contribution in [0.3, 0.4) is 0 Å². The molecular weight excluding hydrogens is 264 g/mol. The van der Waals surface area contributed by atoms with Crippen molar-refractivity contribution in [2.75, 3.05) is 6.26 Å². The molecule has 0 saturated carbocycles. The number of carbonyl (C=O) groups is 1. The second-order valence-electron chi connectivity index (χ2n) is 3.74. The normalized spacial score (nSPS) is 11.8. The first kappa shape index (κ1) is 13.2. The van der Waals surface area contributed by atoms with E-state index in [2.05, 4.69) is 4.98 Å². The van der Waals surface area contributed by atoms with Crippen molar-refractivity contribution in [2.24, 2.45) is 5.73 Å². The molecule has 2 aromatic rings. The Morgan fingerprint density at radius 1 is 1.21 bits per heavy atom. The monoisotopic (exact) mass is 276 g/mol. The Morgan fingerprint density at radius 3 is 2.47 bits per heavy atom. The molecule has 1 atom stereocenters. The molecule has 1 heterocycles. The number of ether oxygens (including phenoxy) is 1. The zero-order chi connectivity index (χ0) is 13.8. The van der Waals surface area contributed by atoms with E-state index >= 15 is 0 Å². The highest BCUT2D eigenvalue weighted by atomic mass is 32.2. The number of aromatic nitrogens is 1. The SMILES string of the molecule is CS(=O)c1ccc(C(N)=O)c(Oc2ccccc2)n1. The second kappa shape index (κ2) is 5.62. The lowest BCUT2D eigenvalue weighted by atomic mass is 10.2. The first-order chi connectivity index (χ1) is 9.08. The van der Waals surface area contributed by atoms with Gasteiger partial charge in [-0.15, -0.1) is 0 Å². The van der Waals surface area contributed by atoms with Crippen LogP contribution in [0.15, 0.2) is 47.5 Å². The molecule has 0 spiro atoms. The topological polar surface area (TPSA) is 82.3 Å². The van der Waals surface area contributed by atoms with Gasteiger partial charge in [-0.1, -0.05) is 18.2 Å². The van der Waals surface area contributed by atoms with E-state index in [1.165, 1.54) is 18.4 Å². The van der Waals surface area contributed by atoms with Crippen LogP contribution in [-0.2, 0) is 10.8 Å². The van der Waals surface area contributed by atoms with Gasteiger partial charge in [0.15, 0.2) is 0 Å². The lowest BCUT2D eigenvalue weighted by Crippen LogP contribution is -2.13. The minimum atomic E-state index is -1.26. The second-order valence-corrected chi connectivity index (χ2v) is 5.06. The van der Waals surface area contributed by atoms with Crippen LogP contribution in [0.4, 0.5) is 0 Å². The molecule has 1 aromatic heterocycles. The number of hydrogen-bond acceptors (Lipinski definition) is 4. The van der Waals surface area contributed by atoms with Gasteiger partial charge < -0.3 is 10.5 Å². The van der Waals surface area contributed by atoms with Crippen LogP contribution in [0.1, 0.15) is 10.4 Å². The molecule has 98 valence electrons. The molecule has 0 bridgehead atoms. The Hall–Kier alpha value is -2.21. The molecule has 1 aromatic carbocycles. The van der Waals surface area contributed by atoms with Crippen molar-refractivity contribution in [3.63, 3.8) is 0 Å². The molecule has 0 saturated heterocycles. The van der Waals surface area contributed by atoms with E-state index in [0.29, 0.717) is 10.8 Å². The van der Waals surface area contributed by atoms with E-state index in [1.54, 1.807) is 24.3 Å². The van der Waals surface area contributed by atoms with Crippen molar-refractivity contribution in [3.8, 4) is 11.6 Å². The number of benzene rings is 1. The van der Waals surface area contributed by atoms with E-state index in [-0.39, 0.29) is 11.4 Å². The Kier molecular flexibility index (Phi) is 3.91. The molecule has 0 fully saturated rings. The van der Waals surface area contributed by atoms with Crippen molar-refractivity contribution in [1.82, 2.24) is 4.98 Å². The number of para-hydroxylation sites is 1. The highest BCUT2D eigenvalue weighted by Gasteiger charge is 2.14. The maximum atomic E-state index is 11.4. The minimum Gasteiger partial charge on any atom is -0.438 e. The molecule has 1 unspecified atom stereocenters. The van der Waals surface area contributed by atoms with Crippen LogP contribution in [0.2, 0.25) is 0 Å². The number of nitrogens with zero attached hydrogens (tertiary/aromatic N) is 1. The van der Waals surface area contributed by atoms with Crippen LogP contribution in [0, 0.1) is 0 Å². The van der Waals surface area contributed by atoms with E-state index < -0.39 is 16.7 Å². The highest BCUT2D eigenvalue weighted by Crippen LogP contribution is 2.23. The molecule has 19 heavy (non-hydrogen) atoms. The number of nitrogens with two attached hydrogens (primary N) is 1. The summed E-state index contributed by atoms with van der Waals surface area (Å²) in [6.07, 6.45) is 1.50. The van der Waals surface area contributed by atoms with Gasteiger partial charge in [0.2, 0.25) is 5.88 Å². The summed E-state index contributed by atoms with van der Waals surface area (Å²) >= 11 is 0. The third-order valence-electron chi connectivity index (χ3n) is 2.35. The van der Waals surface area contributed by atoms with Gasteiger partial charge in [-0.05, 0) is 24.3 Å². The van der Waals surface area contributed by atoms with E-state index in [4.69, 9.17) is 10.5 Å². The molecule has 5 nitrogen and oxygen atoms in total. The van der Waals surface area contributed by atoms with Crippen LogP contribution in [-0.4, -0.2) is 21.4 Å². The first-order valence-corrected chi connectivity index (χ1v) is 7.01. The zero-order valence-corrected chi connectivity index (χ0v) is 11.0. The summed E-state index contributed by atoms with van der Waals surface area (Å²) in [5.41, 5.74) is 5.41. The van der Waals surface area contributed by atoms with E-state index in [0.717, 1.165) is 0 Å². The number of hydrogen-bond donors (Lipinski definition) is 1. The fraction of sp³-hybridized carbons (Fsp3) is 0.0769. The maximum absolute atomic E-state index is 11.4. The minimum absolute atomic E-state index is 0.0615. The van der Waals surface area contributed by atoms with Crippen molar-refractivity contribution in [2.45, 2.75) is 5.03 Å². The summed E-state index contributed by atoms with van der Waals surface area (Å²) in [6.45, 7) is 0. The highest BCUT2D eigenvalue weighted by molar-refractivity contribution is 7.84. The lowest BCUT2D eigenvalue weighted by molar-refractivity contribution is 0.0997. The third kappa shape index (κ3) is 3.17. The van der Waals surface area contributed by atoms with E-state index in [1.807, 2.05) is 6.07 Å². The van der Waals surface area contributed by atoms with Crippen LogP contribution < -0.4 is 10.5 Å². The summed E-state index contributed by atoms with van der Waals surface area (Å²) in [7, 11) is -1.26. The Bertz CT molecular complexity index is 629. The number of pyridine rings is 1. The third-order valence-corrected chi connectivity index (χ3v) is 3.17. The van der Waals surface area contributed by atoms with Gasteiger partial charge in [-0.2, -0.15) is 0 Å². The molecule has 0 aliphatic heterocycles. The number of primary amides is 1. The van der Waals surface area contributed by atoms with E-state index in [9.17, 15) is 9.00 Å². The van der Waals surface area contributed by atoms with Gasteiger partial charge in [0, 0.05) is 6.26 Å². The summed E-state index contributed by atoms with van der Waals surface area (Å²) in [5.74, 6) is -0.0604. The quantitative estimate of drug-likeness (QED) is 0.921. The fourth-order valence-corrected chi connectivity index (χ4v) is 1.92. The van der Waals surface area contributed by atoms with Gasteiger partial charge in [-0.25, -0.2) is 4.98 Å². The van der Waals surface area contributed by atoms with Crippen molar-refractivity contribution < 1.29 is 13.7 Å². The van der Waals surface area contributed by atoms with Gasteiger partial charge in [0.25, 0.3) is 5.91 Å². The van der Waals surface area contributed by atoms with Crippen molar-refractivity contribution in [3.05, 3.63) is 48.0 Å². The Balaban J connectivity index is 2.43. The van der Waals surface area contributed by atoms with Gasteiger partial charge in [0.1, 0.15) is 16.3 Å². The average Bonchev–Trinajstić information content (AvgIpc) is 2.39. The Morgan fingerprint density at radius 2 is 1.89 bits per heavy atom. The molecule has 0 aliphatic rings. The summed E-state index contributed by atoms with van der Waals surface area (Å²) < 4.78 is 16.9. The predicted octanol–water partition coefficient (Wildman–Crippen LogP) is 1.71. The Labute approximate surface area is 112 Å². The van der Waals surface area contributed by atoms with Crippen LogP contribution >= 0.6 is 0 Å². The van der Waals surface area contributed by atoms with Crippen LogP contribution in [0.25, 0.3) is 0 Å². The van der Waals surface area contributed by atoms with Gasteiger partial charge in [-0.3, -0.25) is 9.00 Å². The standard InChI is InChI=1S/C13H12N2O3S/c1-19(17)11-8-7-10(12(14)16)13(15-11)18-9-5-3-2-4-6-9/h2-8H,1H3,(H2,14,16). The molecule has 2 N–H and O–H groups in total. The molecule has 6 heteroatoms. The number of carbonyl (C=O) groups excluding carboxylic acids is 1. The maximum Gasteiger partial charge on any atom is 0.254 e. The molecule has 2 rings (SSSR count). The smallest absolute Gasteiger partial charge is 0.254 e. The van der Waals surface area contributed by atoms with Crippen molar-refractivity contribution in [1.29, 1.82) is 0 Å². The average molecular weight is 276 g/mol. The molecule has 0 aliphatic carbocycles. The summed E-state index contributed by atoms with van der Waals surface area (Å²) in [6, 6.07) is 11.8. The number of rotatable bonds is 4. The zero-order valence-electron chi connectivity index (χ0n) is 10.2. The predicted molar refractivity (Wildman–Crippen MR) is 71.6 cm³/mol. The lowest BCUT2D eigenvalue weighted by Gasteiger charge is -2.09. The fourth-order valence-electron chi connectivity index (χ4n) is 1.45.